The fraction of sp³-hybridized carbons (Fsp3) is 0.474. The summed E-state index contributed by atoms with van der Waals surface area (Å²) in [4.78, 5) is 50.9. The lowest BCUT2D eigenvalue weighted by atomic mass is 10.1. The fourth-order valence-electron chi connectivity index (χ4n) is 2.93. The molecule has 1 aliphatic rings. The van der Waals surface area contributed by atoms with Crippen LogP contribution in [-0.4, -0.2) is 66.5 Å². The van der Waals surface area contributed by atoms with Gasteiger partial charge >= 0.3 is 0 Å². The highest BCUT2D eigenvalue weighted by atomic mass is 16.2. The SMILES string of the molecule is CNC(=O)c1cccc(C(=O)N2CCN(C(=O)CCCC(C)=O)CC2)c1. The minimum Gasteiger partial charge on any atom is -0.355 e. The number of nitrogens with zero attached hydrogens (tertiary/aromatic N) is 2. The van der Waals surface area contributed by atoms with E-state index in [1.54, 1.807) is 41.1 Å². The molecule has 1 aromatic rings. The Morgan fingerprint density at radius 2 is 1.58 bits per heavy atom. The standard InChI is InChI=1S/C19H25N3O4/c1-14(23)5-3-8-17(24)21-9-11-22(12-10-21)19(26)16-7-4-6-15(13-16)18(25)20-2/h4,6-7,13H,3,5,8-12H2,1-2H3,(H,20,25). The minimum absolute atomic E-state index is 0.0277. The lowest BCUT2D eigenvalue weighted by molar-refractivity contribution is -0.132. The molecular weight excluding hydrogens is 334 g/mol. The zero-order chi connectivity index (χ0) is 19.1. The second-order valence-electron chi connectivity index (χ2n) is 6.39. The van der Waals surface area contributed by atoms with Crippen LogP contribution in [0.4, 0.5) is 0 Å². The highest BCUT2D eigenvalue weighted by Gasteiger charge is 2.25. The molecule has 1 heterocycles. The molecule has 1 fully saturated rings. The van der Waals surface area contributed by atoms with E-state index in [0.29, 0.717) is 56.6 Å². The first-order valence-electron chi connectivity index (χ1n) is 8.81. The maximum Gasteiger partial charge on any atom is 0.253 e. The van der Waals surface area contributed by atoms with Gasteiger partial charge in [0, 0.05) is 57.2 Å². The van der Waals surface area contributed by atoms with Crippen LogP contribution in [0.1, 0.15) is 46.9 Å². The van der Waals surface area contributed by atoms with Crippen LogP contribution < -0.4 is 5.32 Å². The van der Waals surface area contributed by atoms with Crippen molar-refractivity contribution in [3.8, 4) is 0 Å². The molecule has 0 aliphatic carbocycles. The summed E-state index contributed by atoms with van der Waals surface area (Å²) < 4.78 is 0. The maximum absolute atomic E-state index is 12.6. The number of benzene rings is 1. The van der Waals surface area contributed by atoms with Crippen LogP contribution >= 0.6 is 0 Å². The summed E-state index contributed by atoms with van der Waals surface area (Å²) in [5.74, 6) is -0.257. The van der Waals surface area contributed by atoms with E-state index in [2.05, 4.69) is 5.32 Å². The van der Waals surface area contributed by atoms with Crippen molar-refractivity contribution in [3.63, 3.8) is 0 Å². The molecule has 140 valence electrons. The summed E-state index contributed by atoms with van der Waals surface area (Å²) in [7, 11) is 1.55. The number of Topliss-reactive ketones (excluding diaryl/α,β-unsaturated/α-hetero) is 1. The van der Waals surface area contributed by atoms with E-state index in [4.69, 9.17) is 0 Å². The molecule has 0 radical (unpaired) electrons. The second-order valence-corrected chi connectivity index (χ2v) is 6.39. The first kappa shape index (κ1) is 19.6. The van der Waals surface area contributed by atoms with Gasteiger partial charge in [0.25, 0.3) is 11.8 Å². The van der Waals surface area contributed by atoms with Crippen LogP contribution in [0.25, 0.3) is 0 Å². The maximum atomic E-state index is 12.6. The third-order valence-electron chi connectivity index (χ3n) is 4.44. The number of rotatable bonds is 6. The van der Waals surface area contributed by atoms with Gasteiger partial charge in [0.1, 0.15) is 5.78 Å². The van der Waals surface area contributed by atoms with Crippen molar-refractivity contribution in [2.45, 2.75) is 26.2 Å². The molecule has 0 bridgehead atoms. The van der Waals surface area contributed by atoms with Gasteiger partial charge in [-0.1, -0.05) is 6.07 Å². The minimum atomic E-state index is -0.236. The van der Waals surface area contributed by atoms with Gasteiger partial charge in [0.15, 0.2) is 0 Å². The Bertz CT molecular complexity index is 694. The molecule has 1 N–H and O–H groups in total. The molecule has 7 nitrogen and oxygen atoms in total. The Morgan fingerprint density at radius 1 is 0.962 bits per heavy atom. The first-order valence-corrected chi connectivity index (χ1v) is 8.81. The topological polar surface area (TPSA) is 86.8 Å². The van der Waals surface area contributed by atoms with E-state index < -0.39 is 0 Å². The van der Waals surface area contributed by atoms with Crippen molar-refractivity contribution in [1.82, 2.24) is 15.1 Å². The molecule has 7 heteroatoms. The zero-order valence-electron chi connectivity index (χ0n) is 15.3. The average molecular weight is 359 g/mol. The van der Waals surface area contributed by atoms with Gasteiger partial charge < -0.3 is 19.9 Å². The Hall–Kier alpha value is -2.70. The summed E-state index contributed by atoms with van der Waals surface area (Å²) in [6.07, 6.45) is 1.35. The highest BCUT2D eigenvalue weighted by molar-refractivity contribution is 5.99. The number of hydrogen-bond acceptors (Lipinski definition) is 4. The normalized spacial score (nSPS) is 14.1. The fourth-order valence-corrected chi connectivity index (χ4v) is 2.93. The number of nitrogens with one attached hydrogen (secondary N) is 1. The summed E-state index contributed by atoms with van der Waals surface area (Å²) in [6, 6.07) is 6.62. The summed E-state index contributed by atoms with van der Waals surface area (Å²) in [6.45, 7) is 3.41. The van der Waals surface area contributed by atoms with E-state index >= 15 is 0 Å². The number of amides is 3. The van der Waals surface area contributed by atoms with E-state index in [0.717, 1.165) is 0 Å². The average Bonchev–Trinajstić information content (AvgIpc) is 2.66. The van der Waals surface area contributed by atoms with Crippen LogP contribution in [0.5, 0.6) is 0 Å². The van der Waals surface area contributed by atoms with E-state index in [1.165, 1.54) is 6.92 Å². The second kappa shape index (κ2) is 9.12. The molecule has 0 spiro atoms. The van der Waals surface area contributed by atoms with E-state index in [-0.39, 0.29) is 23.5 Å². The molecule has 0 aromatic heterocycles. The quantitative estimate of drug-likeness (QED) is 0.824. The predicted molar refractivity (Wildman–Crippen MR) is 96.8 cm³/mol. The van der Waals surface area contributed by atoms with Crippen LogP contribution in [0.2, 0.25) is 0 Å². The van der Waals surface area contributed by atoms with Crippen molar-refractivity contribution < 1.29 is 19.2 Å². The predicted octanol–water partition coefficient (Wildman–Crippen LogP) is 1.09. The van der Waals surface area contributed by atoms with Gasteiger partial charge in [-0.05, 0) is 31.5 Å². The lowest BCUT2D eigenvalue weighted by Gasteiger charge is -2.35. The molecule has 1 aliphatic heterocycles. The van der Waals surface area contributed by atoms with Crippen LogP contribution in [-0.2, 0) is 9.59 Å². The first-order chi connectivity index (χ1) is 12.4. The molecule has 2 rings (SSSR count). The zero-order valence-corrected chi connectivity index (χ0v) is 15.3. The highest BCUT2D eigenvalue weighted by Crippen LogP contribution is 2.12. The van der Waals surface area contributed by atoms with Gasteiger partial charge in [-0.15, -0.1) is 0 Å². The Morgan fingerprint density at radius 3 is 2.19 bits per heavy atom. The number of piperazine rings is 1. The molecular formula is C19H25N3O4. The van der Waals surface area contributed by atoms with Crippen molar-refractivity contribution in [3.05, 3.63) is 35.4 Å². The van der Waals surface area contributed by atoms with Gasteiger partial charge in [0.05, 0.1) is 0 Å². The lowest BCUT2D eigenvalue weighted by Crippen LogP contribution is -2.50. The number of hydrogen-bond donors (Lipinski definition) is 1. The molecule has 0 unspecified atom stereocenters. The molecule has 1 aromatic carbocycles. The van der Waals surface area contributed by atoms with Crippen LogP contribution in [0.15, 0.2) is 24.3 Å². The van der Waals surface area contributed by atoms with Crippen LogP contribution in [0.3, 0.4) is 0 Å². The molecule has 0 atom stereocenters. The molecule has 1 saturated heterocycles. The summed E-state index contributed by atoms with van der Waals surface area (Å²) >= 11 is 0. The van der Waals surface area contributed by atoms with Crippen molar-refractivity contribution >= 4 is 23.5 Å². The molecule has 0 saturated carbocycles. The molecule has 26 heavy (non-hydrogen) atoms. The third-order valence-corrected chi connectivity index (χ3v) is 4.44. The van der Waals surface area contributed by atoms with Gasteiger partial charge in [-0.2, -0.15) is 0 Å². The van der Waals surface area contributed by atoms with Crippen molar-refractivity contribution in [2.75, 3.05) is 33.2 Å². The Labute approximate surface area is 153 Å². The smallest absolute Gasteiger partial charge is 0.253 e. The van der Waals surface area contributed by atoms with Crippen molar-refractivity contribution in [2.24, 2.45) is 0 Å². The third kappa shape index (κ3) is 5.15. The largest absolute Gasteiger partial charge is 0.355 e. The number of carbonyl (C=O) groups excluding carboxylic acids is 4. The monoisotopic (exact) mass is 359 g/mol. The van der Waals surface area contributed by atoms with Gasteiger partial charge in [0.2, 0.25) is 5.91 Å². The van der Waals surface area contributed by atoms with E-state index in [9.17, 15) is 19.2 Å². The summed E-state index contributed by atoms with van der Waals surface area (Å²) in [5, 5.41) is 2.54. The van der Waals surface area contributed by atoms with E-state index in [1.807, 2.05) is 0 Å². The Balaban J connectivity index is 1.89. The van der Waals surface area contributed by atoms with Crippen molar-refractivity contribution in [1.29, 1.82) is 0 Å². The van der Waals surface area contributed by atoms with Gasteiger partial charge in [-0.3, -0.25) is 14.4 Å². The number of ketones is 1. The van der Waals surface area contributed by atoms with Gasteiger partial charge in [-0.25, -0.2) is 0 Å². The number of carbonyl (C=O) groups is 4. The van der Waals surface area contributed by atoms with Crippen LogP contribution in [0, 0.1) is 0 Å². The Kier molecular flexibility index (Phi) is 6.89. The molecule has 3 amide bonds. The summed E-state index contributed by atoms with van der Waals surface area (Å²) in [5.41, 5.74) is 0.907.